The normalized spacial score (nSPS) is 10.3. The van der Waals surface area contributed by atoms with E-state index in [-0.39, 0.29) is 12.1 Å². The van der Waals surface area contributed by atoms with Crippen molar-refractivity contribution in [3.05, 3.63) is 44.3 Å². The smallest absolute Gasteiger partial charge is 0.261 e. The maximum atomic E-state index is 11.8. The average Bonchev–Trinajstić information content (AvgIpc) is 2.84. The molecule has 2 heterocycles. The number of nitrogens with zero attached hydrogens (tertiary/aromatic N) is 2. The third-order valence-corrected chi connectivity index (χ3v) is 3.12. The van der Waals surface area contributed by atoms with Crippen LogP contribution in [0, 0.1) is 6.92 Å². The highest BCUT2D eigenvalue weighted by Gasteiger charge is 2.12. The lowest BCUT2D eigenvalue weighted by Crippen LogP contribution is -2.29. The third kappa shape index (κ3) is 2.65. The molecule has 0 unspecified atom stereocenters. The zero-order valence-corrected chi connectivity index (χ0v) is 11.0. The predicted octanol–water partition coefficient (Wildman–Crippen LogP) is 0.494. The number of aromatic nitrogens is 4. The summed E-state index contributed by atoms with van der Waals surface area (Å²) in [6.45, 7) is 1.92. The van der Waals surface area contributed by atoms with Crippen LogP contribution in [0.5, 0.6) is 0 Å². The summed E-state index contributed by atoms with van der Waals surface area (Å²) in [6.07, 6.45) is 1.34. The molecular weight excluding hydrogens is 302 g/mol. The molecule has 2 rings (SSSR count). The van der Waals surface area contributed by atoms with E-state index in [0.29, 0.717) is 16.0 Å². The van der Waals surface area contributed by atoms with E-state index < -0.39 is 11.5 Å². The Bertz CT molecular complexity index is 620. The van der Waals surface area contributed by atoms with Gasteiger partial charge in [-0.1, -0.05) is 0 Å². The van der Waals surface area contributed by atoms with Crippen molar-refractivity contribution in [1.82, 2.24) is 25.5 Å². The van der Waals surface area contributed by atoms with E-state index >= 15 is 0 Å². The molecule has 0 aromatic carbocycles. The van der Waals surface area contributed by atoms with Gasteiger partial charge in [-0.05, 0) is 28.9 Å². The molecule has 2 aromatic heterocycles. The standard InChI is InChI=1S/C10H10BrN5O2/c1-5-7(11)2-6(10(18)15-5)9(17)12-3-8-13-4-14-16-8/h2,4H,3H2,1H3,(H,12,17)(H,15,18)(H,13,14,16). The number of aryl methyl sites for hydroxylation is 1. The van der Waals surface area contributed by atoms with E-state index in [2.05, 4.69) is 41.4 Å². The zero-order chi connectivity index (χ0) is 13.1. The van der Waals surface area contributed by atoms with Gasteiger partial charge in [-0.25, -0.2) is 4.98 Å². The number of hydrogen-bond donors (Lipinski definition) is 3. The average molecular weight is 312 g/mol. The second-order valence-corrected chi connectivity index (χ2v) is 4.45. The highest BCUT2D eigenvalue weighted by Crippen LogP contribution is 2.12. The minimum absolute atomic E-state index is 0.0481. The molecule has 2 aromatic rings. The number of H-pyrrole nitrogens is 2. The van der Waals surface area contributed by atoms with Gasteiger partial charge in [-0.3, -0.25) is 14.7 Å². The molecule has 0 aliphatic rings. The number of halogens is 1. The molecule has 0 saturated heterocycles. The lowest BCUT2D eigenvalue weighted by molar-refractivity contribution is 0.0948. The molecule has 0 aliphatic carbocycles. The van der Waals surface area contributed by atoms with Crippen LogP contribution < -0.4 is 10.9 Å². The summed E-state index contributed by atoms with van der Waals surface area (Å²) in [5.41, 5.74) is 0.296. The van der Waals surface area contributed by atoms with Crippen LogP contribution in [-0.4, -0.2) is 26.1 Å². The second-order valence-electron chi connectivity index (χ2n) is 3.60. The van der Waals surface area contributed by atoms with Gasteiger partial charge in [-0.15, -0.1) is 0 Å². The van der Waals surface area contributed by atoms with E-state index in [1.54, 1.807) is 6.92 Å². The molecule has 0 fully saturated rings. The fraction of sp³-hybridized carbons (Fsp3) is 0.200. The minimum Gasteiger partial charge on any atom is -0.345 e. The van der Waals surface area contributed by atoms with E-state index in [0.717, 1.165) is 0 Å². The monoisotopic (exact) mass is 311 g/mol. The molecular formula is C10H10BrN5O2. The van der Waals surface area contributed by atoms with Gasteiger partial charge < -0.3 is 10.3 Å². The van der Waals surface area contributed by atoms with Crippen molar-refractivity contribution < 1.29 is 4.79 Å². The summed E-state index contributed by atoms with van der Waals surface area (Å²) < 4.78 is 0.673. The highest BCUT2D eigenvalue weighted by atomic mass is 79.9. The fourth-order valence-corrected chi connectivity index (χ4v) is 1.67. The van der Waals surface area contributed by atoms with Gasteiger partial charge in [0.2, 0.25) is 0 Å². The Balaban J connectivity index is 2.14. The number of pyridine rings is 1. The fourth-order valence-electron chi connectivity index (χ4n) is 1.34. The van der Waals surface area contributed by atoms with Crippen LogP contribution in [0.3, 0.4) is 0 Å². The van der Waals surface area contributed by atoms with Crippen molar-refractivity contribution in [2.75, 3.05) is 0 Å². The van der Waals surface area contributed by atoms with Crippen molar-refractivity contribution in [2.24, 2.45) is 0 Å². The number of rotatable bonds is 3. The summed E-state index contributed by atoms with van der Waals surface area (Å²) >= 11 is 3.26. The summed E-state index contributed by atoms with van der Waals surface area (Å²) in [6, 6.07) is 1.49. The van der Waals surface area contributed by atoms with E-state index in [9.17, 15) is 9.59 Å². The predicted molar refractivity (Wildman–Crippen MR) is 67.1 cm³/mol. The summed E-state index contributed by atoms with van der Waals surface area (Å²) in [4.78, 5) is 29.9. The van der Waals surface area contributed by atoms with Crippen molar-refractivity contribution >= 4 is 21.8 Å². The molecule has 94 valence electrons. The van der Waals surface area contributed by atoms with Gasteiger partial charge in [0.25, 0.3) is 11.5 Å². The van der Waals surface area contributed by atoms with Crippen molar-refractivity contribution in [3.63, 3.8) is 0 Å². The van der Waals surface area contributed by atoms with Crippen molar-refractivity contribution in [1.29, 1.82) is 0 Å². The van der Waals surface area contributed by atoms with Crippen molar-refractivity contribution in [3.8, 4) is 0 Å². The summed E-state index contributed by atoms with van der Waals surface area (Å²) in [5, 5.41) is 8.84. The molecule has 0 radical (unpaired) electrons. The second kappa shape index (κ2) is 5.13. The van der Waals surface area contributed by atoms with E-state index in [1.165, 1.54) is 12.4 Å². The van der Waals surface area contributed by atoms with Crippen LogP contribution in [0.25, 0.3) is 0 Å². The molecule has 0 saturated carbocycles. The van der Waals surface area contributed by atoms with Crippen LogP contribution in [0.15, 0.2) is 21.7 Å². The number of carbonyl (C=O) groups is 1. The summed E-state index contributed by atoms with van der Waals surface area (Å²) in [7, 11) is 0. The number of nitrogens with one attached hydrogen (secondary N) is 3. The Morgan fingerprint density at radius 3 is 3.00 bits per heavy atom. The number of amides is 1. The Hall–Kier alpha value is -1.96. The number of carbonyl (C=O) groups excluding carboxylic acids is 1. The number of hydrogen-bond acceptors (Lipinski definition) is 4. The molecule has 0 aliphatic heterocycles. The Morgan fingerprint density at radius 1 is 1.56 bits per heavy atom. The van der Waals surface area contributed by atoms with Gasteiger partial charge in [0.15, 0.2) is 0 Å². The topological polar surface area (TPSA) is 104 Å². The first-order valence-corrected chi connectivity index (χ1v) is 5.89. The third-order valence-electron chi connectivity index (χ3n) is 2.30. The van der Waals surface area contributed by atoms with Gasteiger partial charge in [-0.2, -0.15) is 5.10 Å². The largest absolute Gasteiger partial charge is 0.345 e. The first-order valence-electron chi connectivity index (χ1n) is 5.10. The van der Waals surface area contributed by atoms with Crippen LogP contribution in [0.1, 0.15) is 21.9 Å². The highest BCUT2D eigenvalue weighted by molar-refractivity contribution is 9.10. The Labute approximate surface area is 110 Å². The lowest BCUT2D eigenvalue weighted by atomic mass is 10.2. The quantitative estimate of drug-likeness (QED) is 0.767. The Kier molecular flexibility index (Phi) is 3.56. The summed E-state index contributed by atoms with van der Waals surface area (Å²) in [5.74, 6) is 0.0549. The van der Waals surface area contributed by atoms with Crippen LogP contribution in [0.4, 0.5) is 0 Å². The molecule has 3 N–H and O–H groups in total. The molecule has 0 atom stereocenters. The molecule has 0 spiro atoms. The first kappa shape index (κ1) is 12.5. The molecule has 8 heteroatoms. The zero-order valence-electron chi connectivity index (χ0n) is 9.45. The SMILES string of the molecule is Cc1[nH]c(=O)c(C(=O)NCc2ncn[nH]2)cc1Br. The van der Waals surface area contributed by atoms with E-state index in [4.69, 9.17) is 0 Å². The van der Waals surface area contributed by atoms with Crippen LogP contribution in [-0.2, 0) is 6.54 Å². The Morgan fingerprint density at radius 2 is 2.33 bits per heavy atom. The maximum absolute atomic E-state index is 11.8. The first-order chi connectivity index (χ1) is 8.58. The number of aromatic amines is 2. The van der Waals surface area contributed by atoms with Gasteiger partial charge in [0.1, 0.15) is 17.7 Å². The molecule has 18 heavy (non-hydrogen) atoms. The maximum Gasteiger partial charge on any atom is 0.261 e. The van der Waals surface area contributed by atoms with Gasteiger partial charge in [0.05, 0.1) is 6.54 Å². The van der Waals surface area contributed by atoms with Gasteiger partial charge >= 0.3 is 0 Å². The van der Waals surface area contributed by atoms with Crippen LogP contribution >= 0.6 is 15.9 Å². The minimum atomic E-state index is -0.464. The molecule has 1 amide bonds. The van der Waals surface area contributed by atoms with E-state index in [1.807, 2.05) is 0 Å². The molecule has 0 bridgehead atoms. The molecule has 7 nitrogen and oxygen atoms in total. The van der Waals surface area contributed by atoms with Gasteiger partial charge in [0, 0.05) is 10.2 Å². The van der Waals surface area contributed by atoms with Crippen LogP contribution in [0.2, 0.25) is 0 Å². The van der Waals surface area contributed by atoms with Crippen molar-refractivity contribution in [2.45, 2.75) is 13.5 Å². The lowest BCUT2D eigenvalue weighted by Gasteiger charge is -2.04.